The van der Waals surface area contributed by atoms with Crippen molar-refractivity contribution in [1.82, 2.24) is 14.7 Å². The van der Waals surface area contributed by atoms with Crippen molar-refractivity contribution in [3.05, 3.63) is 47.4 Å². The summed E-state index contributed by atoms with van der Waals surface area (Å²) in [6, 6.07) is 6.32. The average Bonchev–Trinajstić information content (AvgIpc) is 3.00. The van der Waals surface area contributed by atoms with E-state index in [0.29, 0.717) is 24.2 Å². The predicted octanol–water partition coefficient (Wildman–Crippen LogP) is 3.83. The van der Waals surface area contributed by atoms with E-state index < -0.39 is 0 Å². The van der Waals surface area contributed by atoms with Crippen molar-refractivity contribution in [2.24, 2.45) is 0 Å². The molecule has 0 amide bonds. The molecule has 0 saturated carbocycles. The van der Waals surface area contributed by atoms with Crippen LogP contribution in [0.4, 0.5) is 4.39 Å². The summed E-state index contributed by atoms with van der Waals surface area (Å²) >= 11 is 1.55. The zero-order valence-electron chi connectivity index (χ0n) is 11.8. The Morgan fingerprint density at radius 2 is 2.10 bits per heavy atom. The van der Waals surface area contributed by atoms with E-state index in [1.165, 1.54) is 12.1 Å². The van der Waals surface area contributed by atoms with E-state index in [2.05, 4.69) is 24.1 Å². The quantitative estimate of drug-likeness (QED) is 0.778. The summed E-state index contributed by atoms with van der Waals surface area (Å²) in [5.74, 6) is 0.851. The highest BCUT2D eigenvalue weighted by atomic mass is 32.1. The summed E-state index contributed by atoms with van der Waals surface area (Å²) in [5, 5.41) is 5.36. The van der Waals surface area contributed by atoms with Crippen LogP contribution < -0.4 is 10.1 Å². The number of imidazole rings is 1. The van der Waals surface area contributed by atoms with Gasteiger partial charge in [-0.25, -0.2) is 4.39 Å². The number of thiazole rings is 1. The van der Waals surface area contributed by atoms with Crippen molar-refractivity contribution < 1.29 is 9.13 Å². The Morgan fingerprint density at radius 3 is 2.81 bits per heavy atom. The van der Waals surface area contributed by atoms with Crippen LogP contribution in [0.3, 0.4) is 0 Å². The molecule has 0 bridgehead atoms. The minimum absolute atomic E-state index is 0.283. The van der Waals surface area contributed by atoms with Crippen LogP contribution in [0.15, 0.2) is 35.8 Å². The molecule has 0 aliphatic carbocycles. The predicted molar refractivity (Wildman–Crippen MR) is 81.5 cm³/mol. The zero-order valence-corrected chi connectivity index (χ0v) is 12.7. The van der Waals surface area contributed by atoms with Gasteiger partial charge in [0.2, 0.25) is 5.88 Å². The Hall–Kier alpha value is -1.92. The monoisotopic (exact) mass is 305 g/mol. The molecule has 2 heterocycles. The van der Waals surface area contributed by atoms with Gasteiger partial charge in [-0.2, -0.15) is 4.98 Å². The lowest BCUT2D eigenvalue weighted by molar-refractivity contribution is 0.451. The topological polar surface area (TPSA) is 38.6 Å². The number of halogens is 1. The second-order valence-corrected chi connectivity index (χ2v) is 5.88. The van der Waals surface area contributed by atoms with E-state index in [9.17, 15) is 4.39 Å². The van der Waals surface area contributed by atoms with Crippen molar-refractivity contribution in [2.45, 2.75) is 26.4 Å². The zero-order chi connectivity index (χ0) is 14.8. The molecule has 1 aromatic carbocycles. The van der Waals surface area contributed by atoms with Crippen molar-refractivity contribution >= 4 is 16.3 Å². The first-order valence-electron chi connectivity index (χ1n) is 6.74. The number of nitrogens with one attached hydrogen (secondary N) is 1. The fraction of sp³-hybridized carbons (Fsp3) is 0.267. The lowest BCUT2D eigenvalue weighted by atomic mass is 10.3. The lowest BCUT2D eigenvalue weighted by Gasteiger charge is -2.09. The smallest absolute Gasteiger partial charge is 0.243 e. The van der Waals surface area contributed by atoms with Crippen LogP contribution >= 0.6 is 11.3 Å². The van der Waals surface area contributed by atoms with Gasteiger partial charge in [0, 0.05) is 24.2 Å². The highest BCUT2D eigenvalue weighted by Crippen LogP contribution is 2.28. The Balaban J connectivity index is 1.91. The molecule has 110 valence electrons. The van der Waals surface area contributed by atoms with Crippen molar-refractivity contribution in [2.75, 3.05) is 0 Å². The van der Waals surface area contributed by atoms with Crippen LogP contribution in [-0.4, -0.2) is 15.4 Å². The van der Waals surface area contributed by atoms with Crippen LogP contribution in [0.1, 0.15) is 19.5 Å². The molecular formula is C15H16FN3OS. The minimum atomic E-state index is -0.283. The lowest BCUT2D eigenvalue weighted by Crippen LogP contribution is -2.22. The summed E-state index contributed by atoms with van der Waals surface area (Å²) in [6.45, 7) is 4.84. The van der Waals surface area contributed by atoms with Gasteiger partial charge in [0.15, 0.2) is 4.96 Å². The molecule has 0 unspecified atom stereocenters. The number of rotatable bonds is 5. The van der Waals surface area contributed by atoms with Crippen LogP contribution in [0.5, 0.6) is 11.6 Å². The minimum Gasteiger partial charge on any atom is -0.437 e. The van der Waals surface area contributed by atoms with Gasteiger partial charge in [0.25, 0.3) is 0 Å². The van der Waals surface area contributed by atoms with Crippen LogP contribution in [0.25, 0.3) is 4.96 Å². The van der Waals surface area contributed by atoms with Gasteiger partial charge in [-0.3, -0.25) is 4.40 Å². The van der Waals surface area contributed by atoms with E-state index in [4.69, 9.17) is 4.74 Å². The van der Waals surface area contributed by atoms with Crippen LogP contribution in [0.2, 0.25) is 0 Å². The number of ether oxygens (including phenoxy) is 1. The fourth-order valence-electron chi connectivity index (χ4n) is 1.97. The van der Waals surface area contributed by atoms with Gasteiger partial charge < -0.3 is 10.1 Å². The summed E-state index contributed by atoms with van der Waals surface area (Å²) in [5.41, 5.74) is 0.962. The molecule has 21 heavy (non-hydrogen) atoms. The molecule has 1 N–H and O–H groups in total. The molecule has 0 atom stereocenters. The first-order valence-corrected chi connectivity index (χ1v) is 7.62. The number of fused-ring (bicyclic) bond motifs is 1. The van der Waals surface area contributed by atoms with Crippen LogP contribution in [-0.2, 0) is 6.54 Å². The van der Waals surface area contributed by atoms with Gasteiger partial charge in [0.1, 0.15) is 17.3 Å². The molecule has 2 aromatic heterocycles. The maximum absolute atomic E-state index is 12.9. The normalized spacial score (nSPS) is 11.4. The molecule has 0 fully saturated rings. The standard InChI is InChI=1S/C15H16FN3OS/c1-10(2)17-9-13-14(18-15-19(13)7-8-21-15)20-12-5-3-11(16)4-6-12/h3-8,10,17H,9H2,1-2H3. The third-order valence-corrected chi connectivity index (χ3v) is 3.79. The molecule has 3 rings (SSSR count). The molecule has 0 aliphatic heterocycles. The Labute approximate surface area is 126 Å². The molecular weight excluding hydrogens is 289 g/mol. The number of benzene rings is 1. The third kappa shape index (κ3) is 3.06. The Kier molecular flexibility index (Phi) is 3.90. The highest BCUT2D eigenvalue weighted by molar-refractivity contribution is 7.15. The van der Waals surface area contributed by atoms with Gasteiger partial charge in [-0.15, -0.1) is 11.3 Å². The molecule has 0 spiro atoms. The van der Waals surface area contributed by atoms with E-state index in [-0.39, 0.29) is 5.82 Å². The van der Waals surface area contributed by atoms with Crippen molar-refractivity contribution in [3.63, 3.8) is 0 Å². The summed E-state index contributed by atoms with van der Waals surface area (Å²) in [6.07, 6.45) is 1.97. The van der Waals surface area contributed by atoms with Crippen LogP contribution in [0, 0.1) is 5.82 Å². The summed E-state index contributed by atoms with van der Waals surface area (Å²) in [7, 11) is 0. The molecule has 0 radical (unpaired) electrons. The first kappa shape index (κ1) is 14.0. The van der Waals surface area contributed by atoms with E-state index in [0.717, 1.165) is 10.7 Å². The van der Waals surface area contributed by atoms with Crippen molar-refractivity contribution in [1.29, 1.82) is 0 Å². The molecule has 0 aliphatic rings. The van der Waals surface area contributed by atoms with Gasteiger partial charge in [0.05, 0.1) is 0 Å². The van der Waals surface area contributed by atoms with Crippen molar-refractivity contribution in [3.8, 4) is 11.6 Å². The maximum atomic E-state index is 12.9. The largest absolute Gasteiger partial charge is 0.437 e. The highest BCUT2D eigenvalue weighted by Gasteiger charge is 2.15. The second-order valence-electron chi connectivity index (χ2n) is 5.01. The SMILES string of the molecule is CC(C)NCc1c(Oc2ccc(F)cc2)nc2sccn12. The fourth-order valence-corrected chi connectivity index (χ4v) is 2.69. The summed E-state index contributed by atoms with van der Waals surface area (Å²) in [4.78, 5) is 5.38. The van der Waals surface area contributed by atoms with E-state index in [1.807, 2.05) is 16.0 Å². The second kappa shape index (κ2) is 5.83. The third-order valence-electron chi connectivity index (χ3n) is 3.03. The Morgan fingerprint density at radius 1 is 1.33 bits per heavy atom. The first-order chi connectivity index (χ1) is 10.1. The van der Waals surface area contributed by atoms with Gasteiger partial charge in [-0.1, -0.05) is 13.8 Å². The van der Waals surface area contributed by atoms with Gasteiger partial charge in [-0.05, 0) is 24.3 Å². The number of aromatic nitrogens is 2. The maximum Gasteiger partial charge on any atom is 0.243 e. The molecule has 6 heteroatoms. The number of nitrogens with zero attached hydrogens (tertiary/aromatic N) is 2. The van der Waals surface area contributed by atoms with Gasteiger partial charge >= 0.3 is 0 Å². The Bertz CT molecular complexity index is 733. The number of hydrogen-bond donors (Lipinski definition) is 1. The number of hydrogen-bond acceptors (Lipinski definition) is 4. The van der Waals surface area contributed by atoms with E-state index >= 15 is 0 Å². The average molecular weight is 305 g/mol. The van der Waals surface area contributed by atoms with E-state index in [1.54, 1.807) is 23.5 Å². The molecule has 0 saturated heterocycles. The molecule has 4 nitrogen and oxygen atoms in total. The summed E-state index contributed by atoms with van der Waals surface area (Å²) < 4.78 is 20.8. The molecule has 3 aromatic rings.